The van der Waals surface area contributed by atoms with Crippen molar-refractivity contribution in [1.29, 1.82) is 0 Å². The number of aliphatic imine (C=N–C) groups is 1. The second kappa shape index (κ2) is 2.78. The van der Waals surface area contributed by atoms with Crippen LogP contribution in [0.3, 0.4) is 0 Å². The molecule has 0 spiro atoms. The highest BCUT2D eigenvalue weighted by Crippen LogP contribution is 2.15. The predicted molar refractivity (Wildman–Crippen MR) is 39.4 cm³/mol. The van der Waals surface area contributed by atoms with E-state index in [1.807, 2.05) is 12.4 Å². The van der Waals surface area contributed by atoms with Gasteiger partial charge in [0.25, 0.3) is 0 Å². The fraction of sp³-hybridized carbons (Fsp3) is 0.571. The molecule has 1 unspecified atom stereocenters. The highest BCUT2D eigenvalue weighted by Gasteiger charge is 2.07. The SMILES string of the molecule is CC1CC=NC=C1CN. The normalized spacial score (nSPS) is 26.0. The molecule has 0 saturated carbocycles. The monoisotopic (exact) mass is 124 g/mol. The fourth-order valence-corrected chi connectivity index (χ4v) is 0.900. The second-order valence-electron chi connectivity index (χ2n) is 2.38. The summed E-state index contributed by atoms with van der Waals surface area (Å²) in [5.41, 5.74) is 6.71. The van der Waals surface area contributed by atoms with Gasteiger partial charge in [-0.15, -0.1) is 0 Å². The average molecular weight is 124 g/mol. The van der Waals surface area contributed by atoms with Gasteiger partial charge in [0, 0.05) is 19.0 Å². The summed E-state index contributed by atoms with van der Waals surface area (Å²) in [5.74, 6) is 0.604. The summed E-state index contributed by atoms with van der Waals surface area (Å²) >= 11 is 0. The van der Waals surface area contributed by atoms with Crippen LogP contribution in [0.1, 0.15) is 13.3 Å². The summed E-state index contributed by atoms with van der Waals surface area (Å²) in [6.45, 7) is 2.82. The molecule has 1 heterocycles. The quantitative estimate of drug-likeness (QED) is 0.555. The first-order valence-electron chi connectivity index (χ1n) is 3.25. The van der Waals surface area contributed by atoms with E-state index in [1.54, 1.807) is 0 Å². The smallest absolute Gasteiger partial charge is 0.0271 e. The van der Waals surface area contributed by atoms with Crippen molar-refractivity contribution in [3.63, 3.8) is 0 Å². The lowest BCUT2D eigenvalue weighted by Gasteiger charge is -2.13. The maximum absolute atomic E-state index is 5.45. The van der Waals surface area contributed by atoms with Gasteiger partial charge in [0.15, 0.2) is 0 Å². The lowest BCUT2D eigenvalue weighted by Crippen LogP contribution is -2.12. The molecule has 0 radical (unpaired) electrons. The molecule has 0 aliphatic carbocycles. The summed E-state index contributed by atoms with van der Waals surface area (Å²) in [4.78, 5) is 4.01. The summed E-state index contributed by atoms with van der Waals surface area (Å²) < 4.78 is 0. The topological polar surface area (TPSA) is 38.4 Å². The van der Waals surface area contributed by atoms with Gasteiger partial charge in [0.1, 0.15) is 0 Å². The Labute approximate surface area is 55.5 Å². The van der Waals surface area contributed by atoms with Gasteiger partial charge in [-0.05, 0) is 17.9 Å². The van der Waals surface area contributed by atoms with E-state index < -0.39 is 0 Å². The lowest BCUT2D eigenvalue weighted by atomic mass is 9.98. The molecular weight excluding hydrogens is 112 g/mol. The van der Waals surface area contributed by atoms with Crippen LogP contribution in [0.5, 0.6) is 0 Å². The Kier molecular flexibility index (Phi) is 2.01. The summed E-state index contributed by atoms with van der Waals surface area (Å²) in [7, 11) is 0. The molecule has 0 fully saturated rings. The van der Waals surface area contributed by atoms with Crippen molar-refractivity contribution in [2.75, 3.05) is 6.54 Å². The Morgan fingerprint density at radius 1 is 1.89 bits per heavy atom. The summed E-state index contributed by atoms with van der Waals surface area (Å²) in [5, 5.41) is 0. The van der Waals surface area contributed by atoms with Gasteiger partial charge in [0.05, 0.1) is 0 Å². The van der Waals surface area contributed by atoms with Crippen molar-refractivity contribution >= 4 is 6.21 Å². The lowest BCUT2D eigenvalue weighted by molar-refractivity contribution is 0.691. The molecule has 1 rings (SSSR count). The maximum atomic E-state index is 5.45. The Bertz CT molecular complexity index is 147. The first kappa shape index (κ1) is 6.49. The van der Waals surface area contributed by atoms with Gasteiger partial charge in [0.2, 0.25) is 0 Å². The van der Waals surface area contributed by atoms with E-state index in [1.165, 1.54) is 5.57 Å². The molecule has 2 heteroatoms. The molecule has 9 heavy (non-hydrogen) atoms. The Balaban J connectivity index is 2.63. The van der Waals surface area contributed by atoms with Crippen LogP contribution in [-0.4, -0.2) is 12.8 Å². The first-order chi connectivity index (χ1) is 4.34. The molecule has 0 saturated heterocycles. The van der Waals surface area contributed by atoms with Crippen LogP contribution in [0.15, 0.2) is 16.8 Å². The molecule has 0 bridgehead atoms. The molecule has 2 nitrogen and oxygen atoms in total. The van der Waals surface area contributed by atoms with Gasteiger partial charge in [-0.2, -0.15) is 0 Å². The van der Waals surface area contributed by atoms with Crippen molar-refractivity contribution in [2.24, 2.45) is 16.6 Å². The van der Waals surface area contributed by atoms with Gasteiger partial charge in [-0.1, -0.05) is 6.92 Å². The Hall–Kier alpha value is -0.630. The molecular formula is C7H12N2. The maximum Gasteiger partial charge on any atom is 0.0271 e. The van der Waals surface area contributed by atoms with Crippen LogP contribution in [0, 0.1) is 5.92 Å². The summed E-state index contributed by atoms with van der Waals surface area (Å²) in [6, 6.07) is 0. The number of nitrogens with two attached hydrogens (primary N) is 1. The minimum absolute atomic E-state index is 0.604. The van der Waals surface area contributed by atoms with Crippen LogP contribution < -0.4 is 5.73 Å². The van der Waals surface area contributed by atoms with E-state index in [9.17, 15) is 0 Å². The molecule has 0 aromatic carbocycles. The van der Waals surface area contributed by atoms with Gasteiger partial charge >= 0.3 is 0 Å². The van der Waals surface area contributed by atoms with Crippen molar-refractivity contribution in [1.82, 2.24) is 0 Å². The third kappa shape index (κ3) is 1.39. The van der Waals surface area contributed by atoms with Crippen molar-refractivity contribution in [3.05, 3.63) is 11.8 Å². The van der Waals surface area contributed by atoms with Gasteiger partial charge < -0.3 is 5.73 Å². The molecule has 1 aliphatic rings. The second-order valence-corrected chi connectivity index (χ2v) is 2.38. The largest absolute Gasteiger partial charge is 0.327 e. The van der Waals surface area contributed by atoms with Crippen molar-refractivity contribution < 1.29 is 0 Å². The molecule has 0 aromatic rings. The highest BCUT2D eigenvalue weighted by molar-refractivity contribution is 5.60. The Morgan fingerprint density at radius 2 is 2.67 bits per heavy atom. The van der Waals surface area contributed by atoms with E-state index >= 15 is 0 Å². The standard InChI is InChI=1S/C7H12N2/c1-6-2-3-9-5-7(6)4-8/h3,5-6H,2,4,8H2,1H3. The molecule has 1 atom stereocenters. The summed E-state index contributed by atoms with van der Waals surface area (Å²) in [6.07, 6.45) is 4.85. The van der Waals surface area contributed by atoms with Crippen LogP contribution in [-0.2, 0) is 0 Å². The van der Waals surface area contributed by atoms with Crippen molar-refractivity contribution in [3.8, 4) is 0 Å². The van der Waals surface area contributed by atoms with Gasteiger partial charge in [-0.25, -0.2) is 0 Å². The minimum atomic E-state index is 0.604. The zero-order valence-electron chi connectivity index (χ0n) is 5.67. The van der Waals surface area contributed by atoms with E-state index in [0.29, 0.717) is 12.5 Å². The third-order valence-corrected chi connectivity index (χ3v) is 1.67. The zero-order valence-corrected chi connectivity index (χ0v) is 5.67. The fourth-order valence-electron chi connectivity index (χ4n) is 0.900. The van der Waals surface area contributed by atoms with Crippen LogP contribution in [0.2, 0.25) is 0 Å². The van der Waals surface area contributed by atoms with Gasteiger partial charge in [-0.3, -0.25) is 4.99 Å². The number of rotatable bonds is 1. The number of nitrogens with zero attached hydrogens (tertiary/aromatic N) is 1. The first-order valence-corrected chi connectivity index (χ1v) is 3.25. The van der Waals surface area contributed by atoms with Crippen LogP contribution in [0.25, 0.3) is 0 Å². The average Bonchev–Trinajstić information content (AvgIpc) is 1.89. The number of hydrogen-bond acceptors (Lipinski definition) is 2. The van der Waals surface area contributed by atoms with Crippen LogP contribution in [0.4, 0.5) is 0 Å². The molecule has 1 aliphatic heterocycles. The molecule has 2 N–H and O–H groups in total. The molecule has 50 valence electrons. The predicted octanol–water partition coefficient (Wildman–Crippen LogP) is 0.940. The third-order valence-electron chi connectivity index (χ3n) is 1.67. The highest BCUT2D eigenvalue weighted by atomic mass is 14.7. The van der Waals surface area contributed by atoms with E-state index in [2.05, 4.69) is 11.9 Å². The number of hydrogen-bond donors (Lipinski definition) is 1. The minimum Gasteiger partial charge on any atom is -0.327 e. The van der Waals surface area contributed by atoms with E-state index in [-0.39, 0.29) is 0 Å². The Morgan fingerprint density at radius 3 is 3.11 bits per heavy atom. The molecule has 0 amide bonds. The van der Waals surface area contributed by atoms with Crippen molar-refractivity contribution in [2.45, 2.75) is 13.3 Å². The van der Waals surface area contributed by atoms with E-state index in [0.717, 1.165) is 6.42 Å². The van der Waals surface area contributed by atoms with Crippen LogP contribution >= 0.6 is 0 Å². The molecule has 0 aromatic heterocycles. The van der Waals surface area contributed by atoms with E-state index in [4.69, 9.17) is 5.73 Å². The zero-order chi connectivity index (χ0) is 6.69.